The van der Waals surface area contributed by atoms with Crippen molar-refractivity contribution in [2.45, 2.75) is 38.1 Å². The fourth-order valence-corrected chi connectivity index (χ4v) is 3.43. The zero-order chi connectivity index (χ0) is 13.9. The highest BCUT2D eigenvalue weighted by atomic mass is 16.5. The largest absolute Gasteiger partial charge is 0.378 e. The molecule has 1 saturated heterocycles. The normalized spacial score (nSPS) is 32.2. The number of rotatable bonds is 2. The third-order valence-electron chi connectivity index (χ3n) is 4.73. The number of nitrogens with zero attached hydrogens (tertiary/aromatic N) is 2. The summed E-state index contributed by atoms with van der Waals surface area (Å²) in [5.41, 5.74) is 5.89. The number of ether oxygens (including phenoxy) is 1. The summed E-state index contributed by atoms with van der Waals surface area (Å²) in [5.74, 6) is 0.650. The molecule has 2 unspecified atom stereocenters. The van der Waals surface area contributed by atoms with Gasteiger partial charge in [0.1, 0.15) is 0 Å². The molecule has 2 atom stereocenters. The van der Waals surface area contributed by atoms with E-state index in [2.05, 4.69) is 6.92 Å². The van der Waals surface area contributed by atoms with Crippen molar-refractivity contribution in [1.82, 2.24) is 9.80 Å². The Hall–Kier alpha value is -0.810. The second kappa shape index (κ2) is 6.09. The van der Waals surface area contributed by atoms with Gasteiger partial charge in [0, 0.05) is 26.7 Å². The summed E-state index contributed by atoms with van der Waals surface area (Å²) in [6, 6.07) is 0.114. The van der Waals surface area contributed by atoms with Crippen LogP contribution < -0.4 is 5.73 Å². The standard InChI is InChI=1S/C14H27N3O2/c1-12-4-3-5-14(10-12,11-15)16(2)13(18)17-6-8-19-9-7-17/h12H,3-11,15H2,1-2H3. The minimum atomic E-state index is -0.146. The van der Waals surface area contributed by atoms with E-state index in [4.69, 9.17) is 10.5 Å². The summed E-state index contributed by atoms with van der Waals surface area (Å²) in [6.07, 6.45) is 4.47. The van der Waals surface area contributed by atoms with Crippen molar-refractivity contribution in [1.29, 1.82) is 0 Å². The Labute approximate surface area is 116 Å². The Balaban J connectivity index is 2.06. The van der Waals surface area contributed by atoms with Crippen LogP contribution in [0.3, 0.4) is 0 Å². The van der Waals surface area contributed by atoms with Gasteiger partial charge in [-0.05, 0) is 18.8 Å². The van der Waals surface area contributed by atoms with Crippen LogP contribution in [0.2, 0.25) is 0 Å². The quantitative estimate of drug-likeness (QED) is 0.821. The molecule has 1 aliphatic carbocycles. The smallest absolute Gasteiger partial charge is 0.320 e. The Morgan fingerprint density at radius 2 is 2.16 bits per heavy atom. The molecule has 2 amide bonds. The average molecular weight is 269 g/mol. The molecule has 2 aliphatic rings. The Bertz CT molecular complexity index is 318. The lowest BCUT2D eigenvalue weighted by atomic mass is 9.75. The van der Waals surface area contributed by atoms with Crippen LogP contribution in [0.4, 0.5) is 4.79 Å². The predicted octanol–water partition coefficient (Wildman–Crippen LogP) is 1.28. The number of hydrogen-bond acceptors (Lipinski definition) is 3. The maximum absolute atomic E-state index is 12.6. The maximum atomic E-state index is 12.6. The van der Waals surface area contributed by atoms with E-state index < -0.39 is 0 Å². The predicted molar refractivity (Wildman–Crippen MR) is 75.0 cm³/mol. The first-order valence-corrected chi connectivity index (χ1v) is 7.39. The monoisotopic (exact) mass is 269 g/mol. The average Bonchev–Trinajstić information content (AvgIpc) is 2.46. The molecule has 2 N–H and O–H groups in total. The van der Waals surface area contributed by atoms with Crippen molar-refractivity contribution in [2.24, 2.45) is 11.7 Å². The summed E-state index contributed by atoms with van der Waals surface area (Å²) in [4.78, 5) is 16.4. The van der Waals surface area contributed by atoms with Gasteiger partial charge in [0.05, 0.1) is 18.8 Å². The molecule has 110 valence electrons. The molecule has 0 radical (unpaired) electrons. The Kier molecular flexibility index (Phi) is 4.68. The summed E-state index contributed by atoms with van der Waals surface area (Å²) < 4.78 is 5.31. The molecule has 0 aromatic heterocycles. The molecule has 1 heterocycles. The lowest BCUT2D eigenvalue weighted by Gasteiger charge is -2.47. The molecule has 19 heavy (non-hydrogen) atoms. The van der Waals surface area contributed by atoms with Crippen LogP contribution in [0.1, 0.15) is 32.6 Å². The lowest BCUT2D eigenvalue weighted by Crippen LogP contribution is -2.60. The van der Waals surface area contributed by atoms with Crippen molar-refractivity contribution in [3.63, 3.8) is 0 Å². The second-order valence-corrected chi connectivity index (χ2v) is 6.07. The van der Waals surface area contributed by atoms with Gasteiger partial charge >= 0.3 is 6.03 Å². The first-order valence-electron chi connectivity index (χ1n) is 7.39. The molecule has 0 spiro atoms. The van der Waals surface area contributed by atoms with Crippen LogP contribution >= 0.6 is 0 Å². The zero-order valence-electron chi connectivity index (χ0n) is 12.2. The van der Waals surface area contributed by atoms with Crippen molar-refractivity contribution in [3.05, 3.63) is 0 Å². The van der Waals surface area contributed by atoms with E-state index in [1.807, 2.05) is 16.8 Å². The van der Waals surface area contributed by atoms with Crippen molar-refractivity contribution in [3.8, 4) is 0 Å². The highest BCUT2D eigenvalue weighted by Crippen LogP contribution is 2.36. The van der Waals surface area contributed by atoms with E-state index in [0.717, 1.165) is 12.8 Å². The summed E-state index contributed by atoms with van der Waals surface area (Å²) >= 11 is 0. The van der Waals surface area contributed by atoms with Gasteiger partial charge in [-0.1, -0.05) is 19.8 Å². The fourth-order valence-electron chi connectivity index (χ4n) is 3.43. The number of carbonyl (C=O) groups excluding carboxylic acids is 1. The topological polar surface area (TPSA) is 58.8 Å². The number of urea groups is 1. The van der Waals surface area contributed by atoms with Crippen LogP contribution in [0, 0.1) is 5.92 Å². The van der Waals surface area contributed by atoms with Crippen LogP contribution in [-0.4, -0.2) is 61.3 Å². The fraction of sp³-hybridized carbons (Fsp3) is 0.929. The van der Waals surface area contributed by atoms with E-state index in [9.17, 15) is 4.79 Å². The third kappa shape index (κ3) is 3.03. The van der Waals surface area contributed by atoms with Crippen LogP contribution in [0.15, 0.2) is 0 Å². The SMILES string of the molecule is CC1CCCC(CN)(N(C)C(=O)N2CCOCC2)C1. The minimum Gasteiger partial charge on any atom is -0.378 e. The van der Waals surface area contributed by atoms with E-state index in [1.165, 1.54) is 12.8 Å². The summed E-state index contributed by atoms with van der Waals surface area (Å²) in [7, 11) is 1.92. The number of likely N-dealkylation sites (N-methyl/N-ethyl adjacent to an activating group) is 1. The molecule has 5 nitrogen and oxygen atoms in total. The van der Waals surface area contributed by atoms with Gasteiger partial charge in [-0.15, -0.1) is 0 Å². The molecule has 2 fully saturated rings. The molecule has 1 saturated carbocycles. The van der Waals surface area contributed by atoms with Crippen LogP contribution in [0.5, 0.6) is 0 Å². The van der Waals surface area contributed by atoms with Gasteiger partial charge in [0.25, 0.3) is 0 Å². The van der Waals surface area contributed by atoms with Gasteiger partial charge in [-0.25, -0.2) is 4.79 Å². The van der Waals surface area contributed by atoms with E-state index in [-0.39, 0.29) is 11.6 Å². The molecule has 0 aromatic rings. The first-order chi connectivity index (χ1) is 9.09. The van der Waals surface area contributed by atoms with Crippen molar-refractivity contribution in [2.75, 3.05) is 39.9 Å². The molecule has 2 rings (SSSR count). The molecule has 5 heteroatoms. The summed E-state index contributed by atoms with van der Waals surface area (Å²) in [5, 5.41) is 0. The van der Waals surface area contributed by atoms with Gasteiger partial charge in [0.15, 0.2) is 0 Å². The second-order valence-electron chi connectivity index (χ2n) is 6.07. The number of carbonyl (C=O) groups is 1. The number of nitrogens with two attached hydrogens (primary N) is 1. The molecule has 0 aromatic carbocycles. The molecular weight excluding hydrogens is 242 g/mol. The van der Waals surface area contributed by atoms with Crippen LogP contribution in [0.25, 0.3) is 0 Å². The minimum absolute atomic E-state index is 0.114. The van der Waals surface area contributed by atoms with Gasteiger partial charge in [0.2, 0.25) is 0 Å². The van der Waals surface area contributed by atoms with Crippen LogP contribution in [-0.2, 0) is 4.74 Å². The number of amides is 2. The van der Waals surface area contributed by atoms with Gasteiger partial charge in [-0.3, -0.25) is 0 Å². The number of hydrogen-bond donors (Lipinski definition) is 1. The van der Waals surface area contributed by atoms with Crippen molar-refractivity contribution < 1.29 is 9.53 Å². The molecular formula is C14H27N3O2. The van der Waals surface area contributed by atoms with Crippen molar-refractivity contribution >= 4 is 6.03 Å². The highest BCUT2D eigenvalue weighted by molar-refractivity contribution is 5.75. The number of morpholine rings is 1. The lowest BCUT2D eigenvalue weighted by molar-refractivity contribution is 0.0229. The van der Waals surface area contributed by atoms with Gasteiger partial charge in [-0.2, -0.15) is 0 Å². The molecule has 0 bridgehead atoms. The third-order valence-corrected chi connectivity index (χ3v) is 4.73. The molecule has 1 aliphatic heterocycles. The van der Waals surface area contributed by atoms with Gasteiger partial charge < -0.3 is 20.3 Å². The summed E-state index contributed by atoms with van der Waals surface area (Å²) in [6.45, 7) is 5.50. The van der Waals surface area contributed by atoms with E-state index in [1.54, 1.807) is 0 Å². The van der Waals surface area contributed by atoms with E-state index >= 15 is 0 Å². The first kappa shape index (κ1) is 14.6. The Morgan fingerprint density at radius 3 is 2.74 bits per heavy atom. The zero-order valence-corrected chi connectivity index (χ0v) is 12.2. The maximum Gasteiger partial charge on any atom is 0.320 e. The highest BCUT2D eigenvalue weighted by Gasteiger charge is 2.41. The Morgan fingerprint density at radius 1 is 1.47 bits per heavy atom. The van der Waals surface area contributed by atoms with E-state index in [0.29, 0.717) is 38.8 Å².